The Balaban J connectivity index is 2.16. The molecule has 1 N–H and O–H groups in total. The second-order valence-electron chi connectivity index (χ2n) is 3.83. The first kappa shape index (κ1) is 14.4. The van der Waals surface area contributed by atoms with Crippen LogP contribution >= 0.6 is 35.0 Å². The Morgan fingerprint density at radius 2 is 1.95 bits per heavy atom. The molecule has 2 aromatic rings. The summed E-state index contributed by atoms with van der Waals surface area (Å²) in [5, 5.41) is 5.13. The van der Waals surface area contributed by atoms with E-state index in [9.17, 15) is 0 Å². The fourth-order valence-corrected chi connectivity index (χ4v) is 2.47. The van der Waals surface area contributed by atoms with E-state index in [4.69, 9.17) is 23.2 Å². The summed E-state index contributed by atoms with van der Waals surface area (Å²) in [6, 6.07) is 7.56. The van der Waals surface area contributed by atoms with Gasteiger partial charge < -0.3 is 5.32 Å². The Kier molecular flexibility index (Phi) is 5.31. The SMILES string of the molecule is CCCNc1ncc(Cl)c(Sc2ccc(Cl)cc2)n1. The molecule has 0 amide bonds. The van der Waals surface area contributed by atoms with Crippen molar-refractivity contribution < 1.29 is 0 Å². The van der Waals surface area contributed by atoms with Crippen LogP contribution in [-0.2, 0) is 0 Å². The van der Waals surface area contributed by atoms with Crippen LogP contribution in [0.3, 0.4) is 0 Å². The molecule has 3 nitrogen and oxygen atoms in total. The van der Waals surface area contributed by atoms with Crippen molar-refractivity contribution in [1.82, 2.24) is 9.97 Å². The van der Waals surface area contributed by atoms with Crippen LogP contribution in [0.25, 0.3) is 0 Å². The number of anilines is 1. The number of benzene rings is 1. The number of nitrogens with zero attached hydrogens (tertiary/aromatic N) is 2. The molecule has 0 aliphatic rings. The lowest BCUT2D eigenvalue weighted by Gasteiger charge is -2.07. The van der Waals surface area contributed by atoms with E-state index in [1.165, 1.54) is 11.8 Å². The fraction of sp³-hybridized carbons (Fsp3) is 0.231. The van der Waals surface area contributed by atoms with E-state index in [0.29, 0.717) is 16.0 Å². The molecule has 6 heteroatoms. The van der Waals surface area contributed by atoms with E-state index in [-0.39, 0.29) is 0 Å². The standard InChI is InChI=1S/C13H13Cl2N3S/c1-2-7-16-13-17-8-11(15)12(18-13)19-10-5-3-9(14)4-6-10/h3-6,8H,2,7H2,1H3,(H,16,17,18). The normalized spacial score (nSPS) is 10.5. The summed E-state index contributed by atoms with van der Waals surface area (Å²) in [6.45, 7) is 2.93. The Morgan fingerprint density at radius 1 is 1.21 bits per heavy atom. The third-order valence-corrected chi connectivity index (χ3v) is 3.93. The molecule has 1 heterocycles. The highest BCUT2D eigenvalue weighted by Crippen LogP contribution is 2.32. The summed E-state index contributed by atoms with van der Waals surface area (Å²) in [6.07, 6.45) is 2.64. The maximum atomic E-state index is 6.11. The lowest BCUT2D eigenvalue weighted by Crippen LogP contribution is -2.04. The predicted octanol–water partition coefficient (Wildman–Crippen LogP) is 4.76. The average molecular weight is 314 g/mol. The highest BCUT2D eigenvalue weighted by molar-refractivity contribution is 7.99. The van der Waals surface area contributed by atoms with Crippen LogP contribution in [0.1, 0.15) is 13.3 Å². The highest BCUT2D eigenvalue weighted by Gasteiger charge is 2.07. The second kappa shape index (κ2) is 6.98. The van der Waals surface area contributed by atoms with Crippen molar-refractivity contribution in [2.24, 2.45) is 0 Å². The van der Waals surface area contributed by atoms with Gasteiger partial charge in [0.25, 0.3) is 0 Å². The molecule has 1 aromatic heterocycles. The minimum atomic E-state index is 0.544. The number of aromatic nitrogens is 2. The van der Waals surface area contributed by atoms with Crippen LogP contribution in [0, 0.1) is 0 Å². The first-order valence-electron chi connectivity index (χ1n) is 5.89. The summed E-state index contributed by atoms with van der Waals surface area (Å²) in [4.78, 5) is 9.58. The van der Waals surface area contributed by atoms with Gasteiger partial charge >= 0.3 is 0 Å². The average Bonchev–Trinajstić information content (AvgIpc) is 2.42. The first-order chi connectivity index (χ1) is 9.19. The quantitative estimate of drug-likeness (QED) is 0.808. The van der Waals surface area contributed by atoms with E-state index in [1.807, 2.05) is 24.3 Å². The van der Waals surface area contributed by atoms with Crippen molar-refractivity contribution in [3.8, 4) is 0 Å². The summed E-state index contributed by atoms with van der Waals surface area (Å²) in [7, 11) is 0. The molecule has 0 saturated heterocycles. The number of nitrogens with one attached hydrogen (secondary N) is 1. The van der Waals surface area contributed by atoms with E-state index in [0.717, 1.165) is 22.9 Å². The zero-order valence-corrected chi connectivity index (χ0v) is 12.7. The Hall–Kier alpha value is -0.970. The van der Waals surface area contributed by atoms with Crippen LogP contribution in [-0.4, -0.2) is 16.5 Å². The topological polar surface area (TPSA) is 37.8 Å². The van der Waals surface area contributed by atoms with Crippen molar-refractivity contribution in [2.45, 2.75) is 23.3 Å². The molecule has 19 heavy (non-hydrogen) atoms. The van der Waals surface area contributed by atoms with E-state index < -0.39 is 0 Å². The minimum Gasteiger partial charge on any atom is -0.354 e. The third kappa shape index (κ3) is 4.27. The smallest absolute Gasteiger partial charge is 0.223 e. The minimum absolute atomic E-state index is 0.544. The van der Waals surface area contributed by atoms with Crippen LogP contribution in [0.5, 0.6) is 0 Å². The van der Waals surface area contributed by atoms with Crippen molar-refractivity contribution in [3.05, 3.63) is 40.5 Å². The largest absolute Gasteiger partial charge is 0.354 e. The molecule has 0 aliphatic heterocycles. The third-order valence-electron chi connectivity index (χ3n) is 2.27. The summed E-state index contributed by atoms with van der Waals surface area (Å²) < 4.78 is 0. The molecule has 0 aliphatic carbocycles. The number of hydrogen-bond donors (Lipinski definition) is 1. The molecule has 0 radical (unpaired) electrons. The Morgan fingerprint density at radius 3 is 2.63 bits per heavy atom. The maximum absolute atomic E-state index is 6.11. The van der Waals surface area contributed by atoms with Crippen molar-refractivity contribution >= 4 is 40.9 Å². The van der Waals surface area contributed by atoms with Crippen LogP contribution in [0.15, 0.2) is 40.4 Å². The molecular formula is C13H13Cl2N3S. The molecule has 0 atom stereocenters. The number of hydrogen-bond acceptors (Lipinski definition) is 4. The molecule has 100 valence electrons. The first-order valence-corrected chi connectivity index (χ1v) is 7.46. The van der Waals surface area contributed by atoms with Gasteiger partial charge in [0.2, 0.25) is 5.95 Å². The second-order valence-corrected chi connectivity index (χ2v) is 5.74. The van der Waals surface area contributed by atoms with Crippen molar-refractivity contribution in [2.75, 3.05) is 11.9 Å². The molecule has 0 unspecified atom stereocenters. The molecule has 0 fully saturated rings. The van der Waals surface area contributed by atoms with Gasteiger partial charge in [-0.3, -0.25) is 0 Å². The number of rotatable bonds is 5. The van der Waals surface area contributed by atoms with Crippen LogP contribution in [0.2, 0.25) is 10.0 Å². The Bertz CT molecular complexity index is 546. The zero-order valence-electron chi connectivity index (χ0n) is 10.4. The van der Waals surface area contributed by atoms with Gasteiger partial charge in [-0.1, -0.05) is 41.9 Å². The van der Waals surface area contributed by atoms with E-state index in [2.05, 4.69) is 22.2 Å². The van der Waals surface area contributed by atoms with Crippen molar-refractivity contribution in [1.29, 1.82) is 0 Å². The molecule has 0 saturated carbocycles. The van der Waals surface area contributed by atoms with Gasteiger partial charge in [-0.25, -0.2) is 9.97 Å². The van der Waals surface area contributed by atoms with Crippen LogP contribution < -0.4 is 5.32 Å². The lowest BCUT2D eigenvalue weighted by molar-refractivity contribution is 0.935. The van der Waals surface area contributed by atoms with E-state index >= 15 is 0 Å². The van der Waals surface area contributed by atoms with Gasteiger partial charge in [0.1, 0.15) is 5.03 Å². The lowest BCUT2D eigenvalue weighted by atomic mass is 10.4. The van der Waals surface area contributed by atoms with E-state index in [1.54, 1.807) is 6.20 Å². The molecule has 0 spiro atoms. The molecule has 1 aromatic carbocycles. The van der Waals surface area contributed by atoms with Gasteiger partial charge in [0, 0.05) is 16.5 Å². The Labute approximate surface area is 126 Å². The van der Waals surface area contributed by atoms with Crippen LogP contribution in [0.4, 0.5) is 5.95 Å². The molecule has 0 bridgehead atoms. The summed E-state index contributed by atoms with van der Waals surface area (Å²) >= 11 is 13.5. The van der Waals surface area contributed by atoms with Gasteiger partial charge in [-0.2, -0.15) is 0 Å². The fourth-order valence-electron chi connectivity index (χ4n) is 1.36. The summed E-state index contributed by atoms with van der Waals surface area (Å²) in [5.74, 6) is 0.600. The zero-order chi connectivity index (χ0) is 13.7. The van der Waals surface area contributed by atoms with Gasteiger partial charge in [-0.05, 0) is 30.7 Å². The summed E-state index contributed by atoms with van der Waals surface area (Å²) in [5.41, 5.74) is 0. The molecule has 2 rings (SSSR count). The predicted molar refractivity (Wildman–Crippen MR) is 81.4 cm³/mol. The molecular weight excluding hydrogens is 301 g/mol. The van der Waals surface area contributed by atoms with Gasteiger partial charge in [-0.15, -0.1) is 0 Å². The van der Waals surface area contributed by atoms with Gasteiger partial charge in [0.05, 0.1) is 11.2 Å². The highest BCUT2D eigenvalue weighted by atomic mass is 35.5. The van der Waals surface area contributed by atoms with Gasteiger partial charge in [0.15, 0.2) is 0 Å². The maximum Gasteiger partial charge on any atom is 0.223 e. The monoisotopic (exact) mass is 313 g/mol. The number of halogens is 2. The van der Waals surface area contributed by atoms with Crippen molar-refractivity contribution in [3.63, 3.8) is 0 Å².